The number of nitrogens with zero attached hydrogens (tertiary/aromatic N) is 2. The van der Waals surface area contributed by atoms with Gasteiger partial charge in [0, 0.05) is 13.1 Å². The third kappa shape index (κ3) is 3.88. The smallest absolute Gasteiger partial charge is 0.416 e. The summed E-state index contributed by atoms with van der Waals surface area (Å²) in [5, 5.41) is 0. The Balaban J connectivity index is 1.46. The zero-order valence-corrected chi connectivity index (χ0v) is 15.1. The molecule has 146 valence electrons. The second-order valence-electron chi connectivity index (χ2n) is 7.07. The highest BCUT2D eigenvalue weighted by atomic mass is 19.4. The van der Waals surface area contributed by atoms with Crippen LogP contribution in [-0.4, -0.2) is 28.9 Å². The fraction of sp³-hybridized carbons (Fsp3) is 0.333. The van der Waals surface area contributed by atoms with Gasteiger partial charge in [0.2, 0.25) is 5.91 Å². The molecule has 0 radical (unpaired) electrons. The minimum atomic E-state index is -4.41. The molecule has 0 aliphatic carbocycles. The molecule has 0 N–H and O–H groups in total. The van der Waals surface area contributed by atoms with Crippen molar-refractivity contribution < 1.29 is 22.4 Å². The van der Waals surface area contributed by atoms with E-state index >= 15 is 0 Å². The molecule has 7 heteroatoms. The molecule has 2 heterocycles. The number of alkyl halides is 3. The van der Waals surface area contributed by atoms with Gasteiger partial charge in [-0.3, -0.25) is 4.79 Å². The summed E-state index contributed by atoms with van der Waals surface area (Å²) in [6.45, 7) is 1.05. The van der Waals surface area contributed by atoms with Crippen molar-refractivity contribution in [1.82, 2.24) is 9.88 Å². The maximum absolute atomic E-state index is 12.9. The number of likely N-dealkylation sites (tertiary alicyclic amines) is 1. The normalized spacial score (nSPS) is 17.8. The van der Waals surface area contributed by atoms with Crippen LogP contribution in [0.2, 0.25) is 0 Å². The van der Waals surface area contributed by atoms with Crippen LogP contribution in [-0.2, 0) is 17.4 Å². The average Bonchev–Trinajstić information content (AvgIpc) is 3.12. The zero-order valence-electron chi connectivity index (χ0n) is 15.1. The molecule has 1 aromatic heterocycles. The Bertz CT molecular complexity index is 963. The van der Waals surface area contributed by atoms with Gasteiger partial charge in [0.05, 0.1) is 17.9 Å². The van der Waals surface area contributed by atoms with Gasteiger partial charge in [-0.2, -0.15) is 13.2 Å². The fourth-order valence-electron chi connectivity index (χ4n) is 3.61. The third-order valence-corrected chi connectivity index (χ3v) is 5.04. The molecule has 0 spiro atoms. The van der Waals surface area contributed by atoms with Crippen LogP contribution in [0.3, 0.4) is 0 Å². The molecule has 1 fully saturated rings. The van der Waals surface area contributed by atoms with Crippen LogP contribution in [0.1, 0.15) is 35.8 Å². The molecule has 3 aromatic rings. The third-order valence-electron chi connectivity index (χ3n) is 5.04. The first-order chi connectivity index (χ1) is 13.4. The van der Waals surface area contributed by atoms with E-state index in [2.05, 4.69) is 4.98 Å². The number of hydrogen-bond donors (Lipinski definition) is 0. The minimum Gasteiger partial charge on any atom is -0.440 e. The molecule has 0 unspecified atom stereocenters. The number of oxazole rings is 1. The molecule has 1 aliphatic heterocycles. The van der Waals surface area contributed by atoms with Crippen LogP contribution < -0.4 is 0 Å². The molecule has 0 saturated carbocycles. The molecule has 0 bridgehead atoms. The van der Waals surface area contributed by atoms with E-state index in [-0.39, 0.29) is 18.2 Å². The number of carbonyl (C=O) groups is 1. The van der Waals surface area contributed by atoms with Gasteiger partial charge in [-0.15, -0.1) is 0 Å². The second-order valence-corrected chi connectivity index (χ2v) is 7.07. The van der Waals surface area contributed by atoms with Gasteiger partial charge in [-0.05, 0) is 36.6 Å². The van der Waals surface area contributed by atoms with Crippen LogP contribution in [0, 0.1) is 0 Å². The predicted octanol–water partition coefficient (Wildman–Crippen LogP) is 4.80. The number of aromatic nitrogens is 1. The van der Waals surface area contributed by atoms with E-state index < -0.39 is 11.7 Å². The van der Waals surface area contributed by atoms with Crippen LogP contribution in [0.15, 0.2) is 52.9 Å². The van der Waals surface area contributed by atoms with E-state index in [1.807, 2.05) is 24.3 Å². The van der Waals surface area contributed by atoms with Gasteiger partial charge >= 0.3 is 6.18 Å². The Morgan fingerprint density at radius 1 is 1.18 bits per heavy atom. The monoisotopic (exact) mass is 388 g/mol. The van der Waals surface area contributed by atoms with Crippen LogP contribution >= 0.6 is 0 Å². The van der Waals surface area contributed by atoms with Crippen molar-refractivity contribution in [1.29, 1.82) is 0 Å². The van der Waals surface area contributed by atoms with Gasteiger partial charge in [0.25, 0.3) is 0 Å². The van der Waals surface area contributed by atoms with Gasteiger partial charge in [-0.1, -0.05) is 30.3 Å². The first kappa shape index (κ1) is 18.5. The van der Waals surface area contributed by atoms with Crippen molar-refractivity contribution in [2.24, 2.45) is 0 Å². The molecule has 1 amide bonds. The molecule has 1 atom stereocenters. The lowest BCUT2D eigenvalue weighted by atomic mass is 9.97. The lowest BCUT2D eigenvalue weighted by Crippen LogP contribution is -2.40. The van der Waals surface area contributed by atoms with Gasteiger partial charge in [0.15, 0.2) is 11.5 Å². The Morgan fingerprint density at radius 3 is 2.79 bits per heavy atom. The number of halogens is 3. The first-order valence-electron chi connectivity index (χ1n) is 9.19. The summed E-state index contributed by atoms with van der Waals surface area (Å²) in [4.78, 5) is 18.9. The Morgan fingerprint density at radius 2 is 2.00 bits per heavy atom. The molecular formula is C21H19F3N2O2. The van der Waals surface area contributed by atoms with Crippen LogP contribution in [0.25, 0.3) is 11.1 Å². The summed E-state index contributed by atoms with van der Waals surface area (Å²) in [5.41, 5.74) is 1.12. The predicted molar refractivity (Wildman–Crippen MR) is 97.7 cm³/mol. The molecule has 28 heavy (non-hydrogen) atoms. The van der Waals surface area contributed by atoms with Crippen molar-refractivity contribution in [3.8, 4) is 0 Å². The zero-order chi connectivity index (χ0) is 19.7. The largest absolute Gasteiger partial charge is 0.440 e. The van der Waals surface area contributed by atoms with E-state index in [1.165, 1.54) is 6.07 Å². The van der Waals surface area contributed by atoms with E-state index in [0.29, 0.717) is 30.1 Å². The Kier molecular flexibility index (Phi) is 4.83. The highest BCUT2D eigenvalue weighted by molar-refractivity contribution is 5.79. The topological polar surface area (TPSA) is 46.3 Å². The van der Waals surface area contributed by atoms with Crippen molar-refractivity contribution in [3.63, 3.8) is 0 Å². The maximum atomic E-state index is 12.9. The second kappa shape index (κ2) is 7.30. The molecule has 4 rings (SSSR count). The van der Waals surface area contributed by atoms with Gasteiger partial charge in [-0.25, -0.2) is 4.98 Å². The number of fused-ring (bicyclic) bond motifs is 1. The summed E-state index contributed by atoms with van der Waals surface area (Å²) in [6.07, 6.45) is -2.80. The minimum absolute atomic E-state index is 0.00777. The maximum Gasteiger partial charge on any atom is 0.416 e. The van der Waals surface area contributed by atoms with E-state index in [4.69, 9.17) is 4.42 Å². The Hall–Kier alpha value is -2.83. The van der Waals surface area contributed by atoms with Crippen molar-refractivity contribution in [2.45, 2.75) is 31.4 Å². The summed E-state index contributed by atoms with van der Waals surface area (Å²) < 4.78 is 44.5. The van der Waals surface area contributed by atoms with E-state index in [1.54, 1.807) is 11.0 Å². The number of benzene rings is 2. The summed E-state index contributed by atoms with van der Waals surface area (Å²) >= 11 is 0. The number of para-hydroxylation sites is 2. The quantitative estimate of drug-likeness (QED) is 0.648. The summed E-state index contributed by atoms with van der Waals surface area (Å²) in [5.74, 6) is 0.421. The van der Waals surface area contributed by atoms with Gasteiger partial charge < -0.3 is 9.32 Å². The molecule has 4 nitrogen and oxygen atoms in total. The molecule has 1 saturated heterocycles. The van der Waals surface area contributed by atoms with Crippen molar-refractivity contribution in [2.75, 3.05) is 13.1 Å². The first-order valence-corrected chi connectivity index (χ1v) is 9.19. The number of hydrogen-bond acceptors (Lipinski definition) is 3. The van der Waals surface area contributed by atoms with Crippen molar-refractivity contribution in [3.05, 3.63) is 65.5 Å². The molecular weight excluding hydrogens is 369 g/mol. The van der Waals surface area contributed by atoms with Crippen molar-refractivity contribution >= 4 is 17.0 Å². The van der Waals surface area contributed by atoms with E-state index in [0.717, 1.165) is 30.5 Å². The highest BCUT2D eigenvalue weighted by Gasteiger charge is 2.31. The van der Waals surface area contributed by atoms with Gasteiger partial charge in [0.1, 0.15) is 5.52 Å². The fourth-order valence-corrected chi connectivity index (χ4v) is 3.61. The Labute approximate surface area is 160 Å². The SMILES string of the molecule is O=C(Cc1cccc(C(F)(F)F)c1)N1CCC[C@H](c2nc3ccccc3o2)C1. The molecule has 1 aliphatic rings. The number of carbonyl (C=O) groups excluding carboxylic acids is 1. The molecule has 2 aromatic carbocycles. The number of amides is 1. The van der Waals surface area contributed by atoms with E-state index in [9.17, 15) is 18.0 Å². The average molecular weight is 388 g/mol. The summed E-state index contributed by atoms with van der Waals surface area (Å²) in [7, 11) is 0. The summed E-state index contributed by atoms with van der Waals surface area (Å²) in [6, 6.07) is 12.4. The standard InChI is InChI=1S/C21H19F3N2O2/c22-21(23,24)16-7-3-5-14(11-16)12-19(27)26-10-4-6-15(13-26)20-25-17-8-1-2-9-18(17)28-20/h1-3,5,7-9,11,15H,4,6,10,12-13H2/t15-/m0/s1. The lowest BCUT2D eigenvalue weighted by Gasteiger charge is -2.31. The number of rotatable bonds is 3. The lowest BCUT2D eigenvalue weighted by molar-refractivity contribution is -0.138. The van der Waals surface area contributed by atoms with Crippen LogP contribution in [0.4, 0.5) is 13.2 Å². The highest BCUT2D eigenvalue weighted by Crippen LogP contribution is 2.31. The van der Waals surface area contributed by atoms with Crippen LogP contribution in [0.5, 0.6) is 0 Å². The number of piperidine rings is 1.